The van der Waals surface area contributed by atoms with Crippen LogP contribution in [0.2, 0.25) is 0 Å². The Morgan fingerprint density at radius 1 is 1.20 bits per heavy atom. The minimum absolute atomic E-state index is 0.397. The molecule has 1 aliphatic carbocycles. The van der Waals surface area contributed by atoms with Gasteiger partial charge in [-0.2, -0.15) is 0 Å². The lowest BCUT2D eigenvalue weighted by molar-refractivity contribution is 0.276. The van der Waals surface area contributed by atoms with E-state index in [1.165, 1.54) is 56.3 Å². The molecule has 110 valence electrons. The Labute approximate surface area is 123 Å². The topological polar surface area (TPSA) is 15.3 Å². The largest absolute Gasteiger partial charge is 0.366 e. The number of rotatable bonds is 3. The van der Waals surface area contributed by atoms with E-state index in [4.69, 9.17) is 0 Å². The first-order chi connectivity index (χ1) is 9.72. The van der Waals surface area contributed by atoms with Crippen molar-refractivity contribution in [2.24, 2.45) is 0 Å². The second kappa shape index (κ2) is 5.77. The van der Waals surface area contributed by atoms with Crippen LogP contribution in [0.3, 0.4) is 0 Å². The number of piperazine rings is 1. The van der Waals surface area contributed by atoms with Gasteiger partial charge in [0.2, 0.25) is 0 Å². The Kier molecular flexibility index (Phi) is 4.02. The van der Waals surface area contributed by atoms with Crippen LogP contribution in [0.1, 0.15) is 51.5 Å². The Morgan fingerprint density at radius 2 is 1.90 bits per heavy atom. The van der Waals surface area contributed by atoms with E-state index in [0.717, 1.165) is 6.54 Å². The van der Waals surface area contributed by atoms with Gasteiger partial charge in [-0.25, -0.2) is 0 Å². The van der Waals surface area contributed by atoms with Crippen LogP contribution < -0.4 is 10.2 Å². The van der Waals surface area contributed by atoms with Crippen molar-refractivity contribution in [2.75, 3.05) is 18.0 Å². The van der Waals surface area contributed by atoms with Crippen LogP contribution in [0.5, 0.6) is 0 Å². The minimum atomic E-state index is 0.397. The molecule has 1 aliphatic heterocycles. The first kappa shape index (κ1) is 13.9. The van der Waals surface area contributed by atoms with E-state index in [1.807, 2.05) is 0 Å². The van der Waals surface area contributed by atoms with Gasteiger partial charge in [0, 0.05) is 30.4 Å². The molecule has 0 aromatic heterocycles. The molecule has 1 saturated carbocycles. The number of nitrogens with one attached hydrogen (secondary N) is 1. The van der Waals surface area contributed by atoms with E-state index >= 15 is 0 Å². The van der Waals surface area contributed by atoms with Crippen LogP contribution in [-0.2, 0) is 6.42 Å². The van der Waals surface area contributed by atoms with Gasteiger partial charge < -0.3 is 10.2 Å². The summed E-state index contributed by atoms with van der Waals surface area (Å²) < 4.78 is 0. The first-order valence-electron chi connectivity index (χ1n) is 8.33. The molecule has 1 N–H and O–H groups in total. The zero-order valence-electron chi connectivity index (χ0n) is 13.0. The predicted molar refractivity (Wildman–Crippen MR) is 86.4 cm³/mol. The van der Waals surface area contributed by atoms with Gasteiger partial charge in [-0.05, 0) is 43.9 Å². The van der Waals surface area contributed by atoms with Crippen molar-refractivity contribution in [3.63, 3.8) is 0 Å². The van der Waals surface area contributed by atoms with E-state index in [1.54, 1.807) is 0 Å². The quantitative estimate of drug-likeness (QED) is 0.901. The summed E-state index contributed by atoms with van der Waals surface area (Å²) in [5.74, 6) is 0. The summed E-state index contributed by atoms with van der Waals surface area (Å²) >= 11 is 0. The van der Waals surface area contributed by atoms with E-state index in [0.29, 0.717) is 11.6 Å². The summed E-state index contributed by atoms with van der Waals surface area (Å²) in [6.07, 6.45) is 7.91. The van der Waals surface area contributed by atoms with Crippen LogP contribution in [0.25, 0.3) is 0 Å². The Morgan fingerprint density at radius 3 is 2.55 bits per heavy atom. The average Bonchev–Trinajstić information content (AvgIpc) is 2.92. The van der Waals surface area contributed by atoms with Crippen LogP contribution in [0, 0.1) is 0 Å². The molecule has 2 aliphatic rings. The molecule has 0 radical (unpaired) electrons. The molecule has 2 heteroatoms. The van der Waals surface area contributed by atoms with Gasteiger partial charge >= 0.3 is 0 Å². The maximum atomic E-state index is 3.83. The number of nitrogens with zero attached hydrogens (tertiary/aromatic N) is 1. The third-order valence-electron chi connectivity index (χ3n) is 5.14. The lowest BCUT2D eigenvalue weighted by atomic mass is 9.92. The van der Waals surface area contributed by atoms with Gasteiger partial charge in [0.05, 0.1) is 0 Å². The van der Waals surface area contributed by atoms with Crippen molar-refractivity contribution < 1.29 is 0 Å². The predicted octanol–water partition coefficient (Wildman–Crippen LogP) is 3.75. The van der Waals surface area contributed by atoms with Crippen LogP contribution in [0.4, 0.5) is 5.69 Å². The fourth-order valence-electron chi connectivity index (χ4n) is 3.89. The number of hydrogen-bond donors (Lipinski definition) is 1. The van der Waals surface area contributed by atoms with Crippen molar-refractivity contribution >= 4 is 5.69 Å². The zero-order valence-corrected chi connectivity index (χ0v) is 13.0. The number of benzene rings is 1. The zero-order chi connectivity index (χ0) is 14.0. The highest BCUT2D eigenvalue weighted by Gasteiger charge is 2.39. The molecule has 1 aromatic carbocycles. The molecule has 0 amide bonds. The molecule has 2 nitrogen and oxygen atoms in total. The highest BCUT2D eigenvalue weighted by molar-refractivity contribution is 5.50. The molecule has 1 heterocycles. The summed E-state index contributed by atoms with van der Waals surface area (Å²) in [4.78, 5) is 2.62. The Hall–Kier alpha value is -1.02. The number of anilines is 1. The van der Waals surface area contributed by atoms with Gasteiger partial charge in [0.25, 0.3) is 0 Å². The molecular formula is C18H28N2. The van der Waals surface area contributed by atoms with Gasteiger partial charge in [0.15, 0.2) is 0 Å². The van der Waals surface area contributed by atoms with Crippen molar-refractivity contribution in [2.45, 2.75) is 64.0 Å². The normalized spacial score (nSPS) is 25.3. The van der Waals surface area contributed by atoms with Crippen LogP contribution in [-0.4, -0.2) is 24.7 Å². The molecule has 1 unspecified atom stereocenters. The van der Waals surface area contributed by atoms with Gasteiger partial charge in [-0.15, -0.1) is 0 Å². The van der Waals surface area contributed by atoms with Crippen molar-refractivity contribution in [1.29, 1.82) is 0 Å². The highest BCUT2D eigenvalue weighted by atomic mass is 15.3. The average molecular weight is 272 g/mol. The summed E-state index contributed by atoms with van der Waals surface area (Å²) in [5, 5.41) is 3.83. The van der Waals surface area contributed by atoms with Crippen molar-refractivity contribution in [1.82, 2.24) is 5.32 Å². The Balaban J connectivity index is 1.76. The SMILES string of the molecule is CCCc1ccc(N2CC3(CCCC3)NCC2C)cc1. The first-order valence-corrected chi connectivity index (χ1v) is 8.33. The molecule has 0 bridgehead atoms. The molecule has 20 heavy (non-hydrogen) atoms. The molecule has 1 atom stereocenters. The maximum Gasteiger partial charge on any atom is 0.0387 e. The maximum absolute atomic E-state index is 3.83. The van der Waals surface area contributed by atoms with Crippen LogP contribution >= 0.6 is 0 Å². The van der Waals surface area contributed by atoms with Crippen molar-refractivity contribution in [3.8, 4) is 0 Å². The van der Waals surface area contributed by atoms with Gasteiger partial charge in [0.1, 0.15) is 0 Å². The fourth-order valence-corrected chi connectivity index (χ4v) is 3.89. The smallest absolute Gasteiger partial charge is 0.0387 e. The van der Waals surface area contributed by atoms with Crippen molar-refractivity contribution in [3.05, 3.63) is 29.8 Å². The van der Waals surface area contributed by atoms with E-state index < -0.39 is 0 Å². The second-order valence-electron chi connectivity index (χ2n) is 6.76. The molecule has 1 aromatic rings. The highest BCUT2D eigenvalue weighted by Crippen LogP contribution is 2.35. The summed E-state index contributed by atoms with van der Waals surface area (Å²) in [7, 11) is 0. The van der Waals surface area contributed by atoms with E-state index in [-0.39, 0.29) is 0 Å². The lowest BCUT2D eigenvalue weighted by Gasteiger charge is -2.46. The summed E-state index contributed by atoms with van der Waals surface area (Å²) in [6, 6.07) is 9.88. The molecule has 1 saturated heterocycles. The number of aryl methyl sites for hydroxylation is 1. The minimum Gasteiger partial charge on any atom is -0.366 e. The molecule has 3 rings (SSSR count). The number of hydrogen-bond acceptors (Lipinski definition) is 2. The van der Waals surface area contributed by atoms with E-state index in [2.05, 4.69) is 48.3 Å². The van der Waals surface area contributed by atoms with Crippen LogP contribution in [0.15, 0.2) is 24.3 Å². The van der Waals surface area contributed by atoms with E-state index in [9.17, 15) is 0 Å². The third kappa shape index (κ3) is 2.71. The fraction of sp³-hybridized carbons (Fsp3) is 0.667. The van der Waals surface area contributed by atoms with Gasteiger partial charge in [-0.3, -0.25) is 0 Å². The van der Waals surface area contributed by atoms with Gasteiger partial charge in [-0.1, -0.05) is 38.3 Å². The molecular weight excluding hydrogens is 244 g/mol. The standard InChI is InChI=1S/C18H28N2/c1-3-6-16-7-9-17(10-8-16)20-14-18(11-4-5-12-18)19-13-15(20)2/h7-10,15,19H,3-6,11-14H2,1-2H3. The monoisotopic (exact) mass is 272 g/mol. The lowest BCUT2D eigenvalue weighted by Crippen LogP contribution is -2.62. The summed E-state index contributed by atoms with van der Waals surface area (Å²) in [6.45, 7) is 6.89. The summed E-state index contributed by atoms with van der Waals surface area (Å²) in [5.41, 5.74) is 3.27. The molecule has 1 spiro atoms. The molecule has 2 fully saturated rings. The second-order valence-corrected chi connectivity index (χ2v) is 6.76. The third-order valence-corrected chi connectivity index (χ3v) is 5.14. The Bertz CT molecular complexity index is 431.